The smallest absolute Gasteiger partial charge is 0.271 e. The van der Waals surface area contributed by atoms with Gasteiger partial charge in [0, 0.05) is 24.0 Å². The zero-order valence-electron chi connectivity index (χ0n) is 22.0. The lowest BCUT2D eigenvalue weighted by molar-refractivity contribution is -0.113. The number of benzene rings is 2. The number of para-hydroxylation sites is 1. The van der Waals surface area contributed by atoms with Gasteiger partial charge in [0.15, 0.2) is 4.80 Å². The number of anilines is 1. The van der Waals surface area contributed by atoms with Gasteiger partial charge in [-0.3, -0.25) is 18.8 Å². The molecule has 8 nitrogen and oxygen atoms in total. The van der Waals surface area contributed by atoms with Crippen molar-refractivity contribution in [3.8, 4) is 5.75 Å². The minimum atomic E-state index is -0.650. The molecule has 1 aliphatic heterocycles. The van der Waals surface area contributed by atoms with E-state index < -0.39 is 6.04 Å². The number of hydrogen-bond acceptors (Lipinski definition) is 6. The summed E-state index contributed by atoms with van der Waals surface area (Å²) < 4.78 is 9.34. The van der Waals surface area contributed by atoms with Crippen LogP contribution in [-0.4, -0.2) is 27.4 Å². The number of amides is 1. The fraction of sp³-hybridized carbons (Fsp3) is 0.241. The van der Waals surface area contributed by atoms with Crippen molar-refractivity contribution in [1.82, 2.24) is 14.3 Å². The highest BCUT2D eigenvalue weighted by molar-refractivity contribution is 7.07. The van der Waals surface area contributed by atoms with E-state index in [0.29, 0.717) is 32.0 Å². The van der Waals surface area contributed by atoms with Crippen molar-refractivity contribution in [2.75, 3.05) is 12.4 Å². The molecule has 0 bridgehead atoms. The third kappa shape index (κ3) is 4.61. The summed E-state index contributed by atoms with van der Waals surface area (Å²) in [6, 6.07) is 14.4. The molecule has 0 aliphatic carbocycles. The molecule has 0 unspecified atom stereocenters. The third-order valence-electron chi connectivity index (χ3n) is 6.69. The molecule has 2 aromatic heterocycles. The van der Waals surface area contributed by atoms with Crippen LogP contribution in [0.3, 0.4) is 0 Å². The molecule has 2 aromatic carbocycles. The molecule has 0 saturated heterocycles. The molecule has 0 fully saturated rings. The van der Waals surface area contributed by atoms with Crippen LogP contribution in [0.25, 0.3) is 6.08 Å². The van der Waals surface area contributed by atoms with Gasteiger partial charge in [-0.15, -0.1) is 0 Å². The standard InChI is InChI=1S/C29H29N5O3S/c1-6-33-16-21(18(3)32-33)15-24-28(36)34-26(20-11-13-22(37-5)14-12-20)25(19(4)30-29(34)38-24)27(35)31-23-10-8-7-9-17(23)2/h7-16,26H,6H2,1-5H3,(H,31,35)/b24-15+/t26-/m0/s1. The highest BCUT2D eigenvalue weighted by atomic mass is 32.1. The second-order valence-corrected chi connectivity index (χ2v) is 10.2. The number of thiazole rings is 1. The van der Waals surface area contributed by atoms with Crippen LogP contribution in [0.15, 0.2) is 75.8 Å². The number of hydrogen-bond donors (Lipinski definition) is 1. The van der Waals surface area contributed by atoms with E-state index in [1.165, 1.54) is 11.3 Å². The fourth-order valence-electron chi connectivity index (χ4n) is 4.59. The molecule has 1 aliphatic rings. The minimum absolute atomic E-state index is 0.202. The number of rotatable bonds is 6. The maximum atomic E-state index is 13.9. The van der Waals surface area contributed by atoms with Crippen molar-refractivity contribution < 1.29 is 9.53 Å². The molecular weight excluding hydrogens is 498 g/mol. The van der Waals surface area contributed by atoms with Crippen LogP contribution >= 0.6 is 11.3 Å². The Morgan fingerprint density at radius 2 is 1.87 bits per heavy atom. The zero-order valence-corrected chi connectivity index (χ0v) is 22.8. The summed E-state index contributed by atoms with van der Waals surface area (Å²) >= 11 is 1.31. The van der Waals surface area contributed by atoms with Gasteiger partial charge < -0.3 is 10.1 Å². The minimum Gasteiger partial charge on any atom is -0.497 e. The maximum absolute atomic E-state index is 13.9. The molecule has 0 radical (unpaired) electrons. The Kier molecular flexibility index (Phi) is 6.86. The predicted octanol–water partition coefficient (Wildman–Crippen LogP) is 3.72. The highest BCUT2D eigenvalue weighted by Gasteiger charge is 2.32. The van der Waals surface area contributed by atoms with Crippen LogP contribution in [0.4, 0.5) is 5.69 Å². The lowest BCUT2D eigenvalue weighted by Gasteiger charge is -2.25. The molecule has 0 saturated carbocycles. The number of nitrogens with zero attached hydrogens (tertiary/aromatic N) is 4. The van der Waals surface area contributed by atoms with E-state index in [1.54, 1.807) is 11.7 Å². The second-order valence-electron chi connectivity index (χ2n) is 9.15. The molecule has 1 atom stereocenters. The molecule has 1 amide bonds. The van der Waals surface area contributed by atoms with Gasteiger partial charge in [0.1, 0.15) is 5.75 Å². The first-order chi connectivity index (χ1) is 18.3. The number of carbonyl (C=O) groups is 1. The molecule has 1 N–H and O–H groups in total. The SMILES string of the molecule is CCn1cc(/C=c2/sc3n(c2=O)[C@@H](c2ccc(OC)cc2)C(C(=O)Nc2ccccc2C)=C(C)N=3)c(C)n1. The van der Waals surface area contributed by atoms with Crippen LogP contribution in [0.5, 0.6) is 5.75 Å². The van der Waals surface area contributed by atoms with Gasteiger partial charge in [0.25, 0.3) is 11.5 Å². The van der Waals surface area contributed by atoms with Crippen molar-refractivity contribution in [2.24, 2.45) is 4.99 Å². The van der Waals surface area contributed by atoms with Crippen molar-refractivity contribution in [3.05, 3.63) is 108 Å². The van der Waals surface area contributed by atoms with Gasteiger partial charge in [-0.05, 0) is 63.1 Å². The van der Waals surface area contributed by atoms with Crippen LogP contribution in [0, 0.1) is 13.8 Å². The summed E-state index contributed by atoms with van der Waals surface area (Å²) in [5, 5.41) is 7.53. The number of ether oxygens (including phenoxy) is 1. The fourth-order valence-corrected chi connectivity index (χ4v) is 5.63. The Labute approximate surface area is 224 Å². The molecule has 9 heteroatoms. The van der Waals surface area contributed by atoms with Gasteiger partial charge in [0.05, 0.1) is 34.6 Å². The normalized spacial score (nSPS) is 15.3. The van der Waals surface area contributed by atoms with Gasteiger partial charge in [-0.25, -0.2) is 4.99 Å². The number of fused-ring (bicyclic) bond motifs is 1. The van der Waals surface area contributed by atoms with Crippen molar-refractivity contribution in [1.29, 1.82) is 0 Å². The van der Waals surface area contributed by atoms with E-state index in [-0.39, 0.29) is 11.5 Å². The molecule has 4 aromatic rings. The van der Waals surface area contributed by atoms with E-state index >= 15 is 0 Å². The Bertz CT molecular complexity index is 1740. The molecule has 0 spiro atoms. The molecule has 38 heavy (non-hydrogen) atoms. The number of aryl methyl sites for hydroxylation is 3. The summed E-state index contributed by atoms with van der Waals surface area (Å²) in [5.74, 6) is 0.395. The Morgan fingerprint density at radius 3 is 2.53 bits per heavy atom. The van der Waals surface area contributed by atoms with Crippen LogP contribution < -0.4 is 24.9 Å². The van der Waals surface area contributed by atoms with Crippen molar-refractivity contribution in [2.45, 2.75) is 40.3 Å². The van der Waals surface area contributed by atoms with Crippen molar-refractivity contribution in [3.63, 3.8) is 0 Å². The van der Waals surface area contributed by atoms with E-state index in [0.717, 1.165) is 28.9 Å². The topological polar surface area (TPSA) is 90.5 Å². The van der Waals surface area contributed by atoms with Crippen LogP contribution in [0.2, 0.25) is 0 Å². The van der Waals surface area contributed by atoms with Crippen molar-refractivity contribution >= 4 is 29.0 Å². The predicted molar refractivity (Wildman–Crippen MR) is 149 cm³/mol. The van der Waals surface area contributed by atoms with Gasteiger partial charge >= 0.3 is 0 Å². The van der Waals surface area contributed by atoms with Crippen LogP contribution in [-0.2, 0) is 11.3 Å². The number of carbonyl (C=O) groups excluding carboxylic acids is 1. The van der Waals surface area contributed by atoms with E-state index in [9.17, 15) is 9.59 Å². The Morgan fingerprint density at radius 1 is 1.13 bits per heavy atom. The lowest BCUT2D eigenvalue weighted by atomic mass is 9.95. The number of methoxy groups -OCH3 is 1. The number of aromatic nitrogens is 3. The molecular formula is C29H29N5O3S. The second kappa shape index (κ2) is 10.3. The summed E-state index contributed by atoms with van der Waals surface area (Å²) in [5.41, 5.74) is 4.97. The first kappa shape index (κ1) is 25.4. The summed E-state index contributed by atoms with van der Waals surface area (Å²) in [6.07, 6.45) is 3.79. The number of allylic oxidation sites excluding steroid dienone is 1. The Hall–Kier alpha value is -4.24. The average molecular weight is 528 g/mol. The first-order valence-corrected chi connectivity index (χ1v) is 13.2. The monoisotopic (exact) mass is 527 g/mol. The summed E-state index contributed by atoms with van der Waals surface area (Å²) in [6.45, 7) is 8.44. The zero-order chi connectivity index (χ0) is 27.0. The molecule has 5 rings (SSSR count). The van der Waals surface area contributed by atoms with Gasteiger partial charge in [-0.2, -0.15) is 5.10 Å². The van der Waals surface area contributed by atoms with E-state index in [4.69, 9.17) is 9.73 Å². The largest absolute Gasteiger partial charge is 0.497 e. The van der Waals surface area contributed by atoms with Crippen LogP contribution in [0.1, 0.15) is 42.3 Å². The van der Waals surface area contributed by atoms with Gasteiger partial charge in [0.2, 0.25) is 0 Å². The molecule has 3 heterocycles. The number of nitrogens with one attached hydrogen (secondary N) is 1. The molecule has 194 valence electrons. The Balaban J connectivity index is 1.67. The quantitative estimate of drug-likeness (QED) is 0.414. The van der Waals surface area contributed by atoms with E-state index in [2.05, 4.69) is 10.4 Å². The maximum Gasteiger partial charge on any atom is 0.271 e. The third-order valence-corrected chi connectivity index (χ3v) is 7.67. The van der Waals surface area contributed by atoms with Gasteiger partial charge in [-0.1, -0.05) is 41.7 Å². The summed E-state index contributed by atoms with van der Waals surface area (Å²) in [7, 11) is 1.60. The average Bonchev–Trinajstić information content (AvgIpc) is 3.42. The highest BCUT2D eigenvalue weighted by Crippen LogP contribution is 2.32. The van der Waals surface area contributed by atoms with E-state index in [1.807, 2.05) is 93.2 Å². The lowest BCUT2D eigenvalue weighted by Crippen LogP contribution is -2.40. The summed E-state index contributed by atoms with van der Waals surface area (Å²) in [4.78, 5) is 32.9. The first-order valence-electron chi connectivity index (χ1n) is 12.4.